The Hall–Kier alpha value is -4.42. The lowest BCUT2D eigenvalue weighted by molar-refractivity contribution is -0.138. The molecule has 0 bridgehead atoms. The number of carboxylic acid groups (broad SMARTS) is 1. The van der Waals surface area contributed by atoms with Crippen LogP contribution >= 0.6 is 0 Å². The van der Waals surface area contributed by atoms with Gasteiger partial charge >= 0.3 is 12.1 Å². The van der Waals surface area contributed by atoms with E-state index in [9.17, 15) is 23.1 Å². The number of nitrogens with zero attached hydrogens (tertiary/aromatic N) is 2. The van der Waals surface area contributed by atoms with Crippen molar-refractivity contribution in [2.24, 2.45) is 4.99 Å². The van der Waals surface area contributed by atoms with Crippen LogP contribution in [0.3, 0.4) is 0 Å². The molecule has 1 aliphatic carbocycles. The Kier molecular flexibility index (Phi) is 9.41. The van der Waals surface area contributed by atoms with E-state index in [1.54, 1.807) is 13.8 Å². The number of nitrogens with one attached hydrogen (secondary N) is 2. The first kappa shape index (κ1) is 33.0. The van der Waals surface area contributed by atoms with Crippen LogP contribution in [-0.4, -0.2) is 68.7 Å². The standard InChI is InChI=1S/C34H40N4O7S/c1-21-22(2)32(23(3)28-17-34(4,5)45-31(21)28)46(42,43)37-36-20-35-15-10-16-38(18-30(39)40)33(41)44-19-29-26-13-8-6-11-24(26)25-12-7-9-14-27(25)29/h6-9,11-14,20,29,37H,10,15-19H2,1-5H3,(H,35,36)(H,39,40). The number of ether oxygens (including phenoxy) is 2. The average molecular weight is 649 g/mol. The molecule has 0 saturated carbocycles. The fraction of sp³-hybridized carbons (Fsp3) is 0.382. The Morgan fingerprint density at radius 1 is 1.04 bits per heavy atom. The summed E-state index contributed by atoms with van der Waals surface area (Å²) in [5, 5.41) is 9.39. The van der Waals surface area contributed by atoms with Gasteiger partial charge in [0.05, 0.1) is 11.2 Å². The third-order valence-electron chi connectivity index (χ3n) is 8.55. The van der Waals surface area contributed by atoms with E-state index < -0.39 is 34.2 Å². The van der Waals surface area contributed by atoms with Crippen LogP contribution in [0.1, 0.15) is 59.6 Å². The zero-order chi connectivity index (χ0) is 33.2. The smallest absolute Gasteiger partial charge is 0.410 e. The van der Waals surface area contributed by atoms with E-state index in [0.717, 1.165) is 44.0 Å². The SMILES string of the molecule is Cc1c(C)c(S(=O)(=O)NNC=NCCCN(CC(=O)O)C(=O)OCC2c3ccccc3-c3ccccc32)c(C)c2c1OC(C)(C)C2. The number of carboxylic acids is 1. The molecule has 12 heteroatoms. The second kappa shape index (κ2) is 13.1. The number of rotatable bonds is 12. The molecule has 0 saturated heterocycles. The normalized spacial score (nSPS) is 14.8. The van der Waals surface area contributed by atoms with Crippen LogP contribution in [0, 0.1) is 20.8 Å². The second-order valence-corrected chi connectivity index (χ2v) is 13.9. The number of carbonyl (C=O) groups excluding carboxylic acids is 1. The lowest BCUT2D eigenvalue weighted by Gasteiger charge is -2.22. The van der Waals surface area contributed by atoms with Crippen molar-refractivity contribution in [2.45, 2.75) is 63.9 Å². The van der Waals surface area contributed by atoms with Gasteiger partial charge in [-0.3, -0.25) is 20.1 Å². The van der Waals surface area contributed by atoms with Crippen LogP contribution in [0.25, 0.3) is 11.1 Å². The lowest BCUT2D eigenvalue weighted by atomic mass is 9.94. The van der Waals surface area contributed by atoms with E-state index >= 15 is 0 Å². The quantitative estimate of drug-likeness (QED) is 0.109. The minimum absolute atomic E-state index is 0.0820. The van der Waals surface area contributed by atoms with Gasteiger partial charge in [-0.15, -0.1) is 4.83 Å². The number of hydrogen-bond acceptors (Lipinski definition) is 7. The van der Waals surface area contributed by atoms with Crippen LogP contribution in [-0.2, 0) is 26.0 Å². The van der Waals surface area contributed by atoms with Crippen molar-refractivity contribution in [2.75, 3.05) is 26.2 Å². The first-order valence-corrected chi connectivity index (χ1v) is 16.7. The zero-order valence-electron chi connectivity index (χ0n) is 26.7. The summed E-state index contributed by atoms with van der Waals surface area (Å²) in [6.07, 6.45) is 1.45. The highest BCUT2D eigenvalue weighted by Gasteiger charge is 2.36. The molecule has 1 amide bonds. The highest BCUT2D eigenvalue weighted by atomic mass is 32.2. The number of sulfonamides is 1. The second-order valence-electron chi connectivity index (χ2n) is 12.3. The fourth-order valence-electron chi connectivity index (χ4n) is 6.35. The van der Waals surface area contributed by atoms with E-state index in [2.05, 4.69) is 15.2 Å². The Morgan fingerprint density at radius 3 is 2.30 bits per heavy atom. The number of aliphatic carboxylic acids is 1. The molecule has 0 fully saturated rings. The summed E-state index contributed by atoms with van der Waals surface area (Å²) in [6, 6.07) is 15.9. The van der Waals surface area contributed by atoms with Crippen molar-refractivity contribution in [3.05, 3.63) is 81.9 Å². The molecule has 1 heterocycles. The Bertz CT molecular complexity index is 1760. The van der Waals surface area contributed by atoms with E-state index in [0.29, 0.717) is 24.0 Å². The van der Waals surface area contributed by atoms with Gasteiger partial charge in [0.2, 0.25) is 0 Å². The minimum Gasteiger partial charge on any atom is -0.487 e. The maximum absolute atomic E-state index is 13.2. The predicted molar refractivity (Wildman–Crippen MR) is 175 cm³/mol. The molecular formula is C34H40N4O7S. The number of fused-ring (bicyclic) bond motifs is 4. The highest BCUT2D eigenvalue weighted by Crippen LogP contribution is 2.45. The first-order chi connectivity index (χ1) is 21.8. The lowest BCUT2D eigenvalue weighted by Crippen LogP contribution is -2.38. The van der Waals surface area contributed by atoms with E-state index in [4.69, 9.17) is 9.47 Å². The van der Waals surface area contributed by atoms with Crippen molar-refractivity contribution >= 4 is 28.4 Å². The summed E-state index contributed by atoms with van der Waals surface area (Å²) >= 11 is 0. The van der Waals surface area contributed by atoms with Crippen molar-refractivity contribution in [1.82, 2.24) is 15.2 Å². The number of aliphatic imine (C=N–C) groups is 1. The van der Waals surface area contributed by atoms with Crippen LogP contribution in [0.5, 0.6) is 5.75 Å². The van der Waals surface area contributed by atoms with Crippen LogP contribution in [0.4, 0.5) is 4.79 Å². The Labute approximate surface area is 269 Å². The molecule has 244 valence electrons. The van der Waals surface area contributed by atoms with Gasteiger partial charge in [-0.2, -0.15) is 0 Å². The summed E-state index contributed by atoms with van der Waals surface area (Å²) < 4.78 is 38.2. The van der Waals surface area contributed by atoms with Gasteiger partial charge in [0.25, 0.3) is 10.0 Å². The molecule has 3 aromatic rings. The molecule has 1 aliphatic heterocycles. The van der Waals surface area contributed by atoms with Crippen molar-refractivity contribution in [3.63, 3.8) is 0 Å². The molecule has 0 spiro atoms. The molecule has 46 heavy (non-hydrogen) atoms. The largest absolute Gasteiger partial charge is 0.487 e. The number of hydrazine groups is 1. The van der Waals surface area contributed by atoms with Crippen molar-refractivity contribution in [1.29, 1.82) is 0 Å². The molecule has 3 N–H and O–H groups in total. The summed E-state index contributed by atoms with van der Waals surface area (Å²) in [4.78, 5) is 32.3. The monoisotopic (exact) mass is 648 g/mol. The van der Waals surface area contributed by atoms with Crippen LogP contribution in [0.15, 0.2) is 58.4 Å². The Morgan fingerprint density at radius 2 is 1.67 bits per heavy atom. The summed E-state index contributed by atoms with van der Waals surface area (Å²) in [6.45, 7) is 9.24. The molecule has 5 rings (SSSR count). The maximum Gasteiger partial charge on any atom is 0.410 e. The molecule has 0 aromatic heterocycles. The number of amides is 1. The van der Waals surface area contributed by atoms with Gasteiger partial charge in [-0.25, -0.2) is 13.2 Å². The van der Waals surface area contributed by atoms with Crippen LogP contribution in [0.2, 0.25) is 0 Å². The third kappa shape index (κ3) is 6.73. The van der Waals surface area contributed by atoms with Gasteiger partial charge < -0.3 is 14.6 Å². The summed E-state index contributed by atoms with van der Waals surface area (Å²) in [7, 11) is -3.93. The van der Waals surface area contributed by atoms with Crippen LogP contribution < -0.4 is 15.0 Å². The summed E-state index contributed by atoms with van der Waals surface area (Å²) in [5.41, 5.74) is 9.41. The van der Waals surface area contributed by atoms with Crippen molar-refractivity contribution in [3.8, 4) is 16.9 Å². The fourth-order valence-corrected chi connectivity index (χ4v) is 7.74. The highest BCUT2D eigenvalue weighted by molar-refractivity contribution is 7.89. The van der Waals surface area contributed by atoms with Crippen molar-refractivity contribution < 1.29 is 32.6 Å². The van der Waals surface area contributed by atoms with Gasteiger partial charge in [-0.1, -0.05) is 48.5 Å². The van der Waals surface area contributed by atoms with E-state index in [-0.39, 0.29) is 30.5 Å². The molecule has 2 aliphatic rings. The third-order valence-corrected chi connectivity index (χ3v) is 10.1. The Balaban J connectivity index is 1.14. The van der Waals surface area contributed by atoms with Gasteiger partial charge in [-0.05, 0) is 80.0 Å². The minimum atomic E-state index is -3.93. The molecule has 3 aromatic carbocycles. The molecular weight excluding hydrogens is 608 g/mol. The van der Waals surface area contributed by atoms with E-state index in [1.807, 2.05) is 69.3 Å². The first-order valence-electron chi connectivity index (χ1n) is 15.2. The molecule has 11 nitrogen and oxygen atoms in total. The van der Waals surface area contributed by atoms with Gasteiger partial charge in [0.15, 0.2) is 0 Å². The number of carbonyl (C=O) groups is 2. The number of hydrogen-bond donors (Lipinski definition) is 3. The summed E-state index contributed by atoms with van der Waals surface area (Å²) in [5.74, 6) is -0.546. The average Bonchev–Trinajstić information content (AvgIpc) is 3.51. The topological polar surface area (TPSA) is 147 Å². The maximum atomic E-state index is 13.2. The molecule has 0 atom stereocenters. The zero-order valence-corrected chi connectivity index (χ0v) is 27.5. The van der Waals surface area contributed by atoms with E-state index in [1.165, 1.54) is 6.34 Å². The number of benzene rings is 3. The molecule has 0 radical (unpaired) electrons. The van der Waals surface area contributed by atoms with Gasteiger partial charge in [0, 0.05) is 31.0 Å². The predicted octanol–water partition coefficient (Wildman–Crippen LogP) is 4.86. The van der Waals surface area contributed by atoms with Gasteiger partial charge in [0.1, 0.15) is 24.5 Å². The molecule has 0 unspecified atom stereocenters.